The molecule has 0 saturated carbocycles. The van der Waals surface area contributed by atoms with Gasteiger partial charge in [-0.25, -0.2) is 10.4 Å². The smallest absolute Gasteiger partial charge is 0.203 e. The molecule has 25 heavy (non-hydrogen) atoms. The van der Waals surface area contributed by atoms with Crippen LogP contribution in [0.4, 0.5) is 5.95 Å². The molecule has 2 aromatic carbocycles. The summed E-state index contributed by atoms with van der Waals surface area (Å²) in [7, 11) is 0. The topological polar surface area (TPSA) is 53.9 Å². The molecule has 2 heterocycles. The molecule has 4 rings (SSSR count). The van der Waals surface area contributed by atoms with E-state index in [9.17, 15) is 0 Å². The Bertz CT molecular complexity index is 852. The van der Waals surface area contributed by atoms with E-state index >= 15 is 0 Å². The fourth-order valence-electron chi connectivity index (χ4n) is 3.61. The van der Waals surface area contributed by atoms with Crippen molar-refractivity contribution < 1.29 is 0 Å². The number of imidazole rings is 1. The average molecular weight is 335 g/mol. The standard InChI is InChI=1S/C20H25N5/c1-3-25-18-7-5-4-6-17(18)23-20(25)21-12-16-13-22-24-19(16)15-10-8-14(2)9-11-15/h4-11,16,19,22,24H,3,12-13H2,1-2H3,(H,21,23). The molecular formula is C20H25N5. The van der Waals surface area contributed by atoms with E-state index in [0.29, 0.717) is 12.0 Å². The molecule has 0 spiro atoms. The largest absolute Gasteiger partial charge is 0.355 e. The summed E-state index contributed by atoms with van der Waals surface area (Å²) in [5.41, 5.74) is 11.6. The highest BCUT2D eigenvalue weighted by molar-refractivity contribution is 5.78. The summed E-state index contributed by atoms with van der Waals surface area (Å²) in [5.74, 6) is 1.42. The molecule has 2 unspecified atom stereocenters. The van der Waals surface area contributed by atoms with Crippen LogP contribution in [0.5, 0.6) is 0 Å². The SMILES string of the molecule is CCn1c(NCC2CNNC2c2ccc(C)cc2)nc2ccccc21. The number of hydrogen-bond acceptors (Lipinski definition) is 4. The molecule has 3 aromatic rings. The number of nitrogens with one attached hydrogen (secondary N) is 3. The average Bonchev–Trinajstić information content (AvgIpc) is 3.24. The van der Waals surface area contributed by atoms with E-state index in [1.54, 1.807) is 0 Å². The Hall–Kier alpha value is -2.37. The van der Waals surface area contributed by atoms with Gasteiger partial charge in [-0.15, -0.1) is 0 Å². The molecule has 1 aromatic heterocycles. The molecule has 0 amide bonds. The second-order valence-corrected chi connectivity index (χ2v) is 6.72. The third kappa shape index (κ3) is 3.13. The molecule has 1 aliphatic heterocycles. The van der Waals surface area contributed by atoms with Gasteiger partial charge in [-0.3, -0.25) is 5.43 Å². The minimum Gasteiger partial charge on any atom is -0.355 e. The first-order valence-electron chi connectivity index (χ1n) is 9.00. The first kappa shape index (κ1) is 16.1. The number of aromatic nitrogens is 2. The fourth-order valence-corrected chi connectivity index (χ4v) is 3.61. The third-order valence-electron chi connectivity index (χ3n) is 5.02. The van der Waals surface area contributed by atoms with Gasteiger partial charge in [0, 0.05) is 25.6 Å². The molecule has 1 fully saturated rings. The van der Waals surface area contributed by atoms with E-state index in [1.165, 1.54) is 16.6 Å². The lowest BCUT2D eigenvalue weighted by Gasteiger charge is -2.20. The zero-order valence-electron chi connectivity index (χ0n) is 14.8. The lowest BCUT2D eigenvalue weighted by molar-refractivity contribution is 0.491. The van der Waals surface area contributed by atoms with Crippen LogP contribution in [0.3, 0.4) is 0 Å². The number of hydrazine groups is 1. The van der Waals surface area contributed by atoms with Crippen LogP contribution in [0.25, 0.3) is 11.0 Å². The zero-order valence-corrected chi connectivity index (χ0v) is 14.8. The predicted octanol–water partition coefficient (Wildman–Crippen LogP) is 3.24. The van der Waals surface area contributed by atoms with Crippen molar-refractivity contribution in [3.8, 4) is 0 Å². The summed E-state index contributed by atoms with van der Waals surface area (Å²) in [6.07, 6.45) is 0. The Labute approximate surface area is 148 Å². The summed E-state index contributed by atoms with van der Waals surface area (Å²) >= 11 is 0. The molecule has 0 bridgehead atoms. The molecule has 1 aliphatic rings. The third-order valence-corrected chi connectivity index (χ3v) is 5.02. The van der Waals surface area contributed by atoms with E-state index < -0.39 is 0 Å². The normalized spacial score (nSPS) is 20.2. The molecule has 130 valence electrons. The first-order chi connectivity index (χ1) is 12.3. The monoisotopic (exact) mass is 335 g/mol. The van der Waals surface area contributed by atoms with Crippen molar-refractivity contribution in [2.24, 2.45) is 5.92 Å². The van der Waals surface area contributed by atoms with Crippen molar-refractivity contribution >= 4 is 17.0 Å². The van der Waals surface area contributed by atoms with Gasteiger partial charge in [0.1, 0.15) is 0 Å². The molecule has 3 N–H and O–H groups in total. The Morgan fingerprint density at radius 3 is 2.76 bits per heavy atom. The van der Waals surface area contributed by atoms with Crippen molar-refractivity contribution in [3.63, 3.8) is 0 Å². The minimum absolute atomic E-state index is 0.313. The van der Waals surface area contributed by atoms with Crippen molar-refractivity contribution in [1.29, 1.82) is 0 Å². The van der Waals surface area contributed by atoms with Crippen LogP contribution < -0.4 is 16.2 Å². The molecule has 5 nitrogen and oxygen atoms in total. The van der Waals surface area contributed by atoms with Crippen LogP contribution in [-0.2, 0) is 6.54 Å². The number of fused-ring (bicyclic) bond motifs is 1. The molecule has 0 radical (unpaired) electrons. The van der Waals surface area contributed by atoms with Gasteiger partial charge < -0.3 is 9.88 Å². The second-order valence-electron chi connectivity index (χ2n) is 6.72. The maximum Gasteiger partial charge on any atom is 0.203 e. The Morgan fingerprint density at radius 1 is 1.16 bits per heavy atom. The highest BCUT2D eigenvalue weighted by Gasteiger charge is 2.28. The maximum absolute atomic E-state index is 4.76. The van der Waals surface area contributed by atoms with Gasteiger partial charge in [-0.05, 0) is 31.5 Å². The van der Waals surface area contributed by atoms with Crippen molar-refractivity contribution in [3.05, 3.63) is 59.7 Å². The second kappa shape index (κ2) is 6.86. The lowest BCUT2D eigenvalue weighted by atomic mass is 9.94. The first-order valence-corrected chi connectivity index (χ1v) is 9.00. The van der Waals surface area contributed by atoms with E-state index in [1.807, 2.05) is 6.07 Å². The van der Waals surface area contributed by atoms with Crippen LogP contribution in [0.15, 0.2) is 48.5 Å². The number of para-hydroxylation sites is 2. The number of aryl methyl sites for hydroxylation is 2. The van der Waals surface area contributed by atoms with E-state index in [4.69, 9.17) is 4.98 Å². The van der Waals surface area contributed by atoms with Gasteiger partial charge in [0.15, 0.2) is 0 Å². The summed E-state index contributed by atoms with van der Waals surface area (Å²) in [6.45, 7) is 7.01. The van der Waals surface area contributed by atoms with Gasteiger partial charge >= 0.3 is 0 Å². The number of rotatable bonds is 5. The van der Waals surface area contributed by atoms with Crippen LogP contribution >= 0.6 is 0 Å². The van der Waals surface area contributed by atoms with Crippen LogP contribution in [0, 0.1) is 12.8 Å². The summed E-state index contributed by atoms with van der Waals surface area (Å²) in [4.78, 5) is 4.76. The molecule has 1 saturated heterocycles. The molecule has 5 heteroatoms. The van der Waals surface area contributed by atoms with Crippen LogP contribution in [0.2, 0.25) is 0 Å². The summed E-state index contributed by atoms with van der Waals surface area (Å²) in [5, 5.41) is 3.58. The zero-order chi connectivity index (χ0) is 17.2. The summed E-state index contributed by atoms with van der Waals surface area (Å²) in [6, 6.07) is 17.4. The van der Waals surface area contributed by atoms with Crippen LogP contribution in [-0.4, -0.2) is 22.6 Å². The number of anilines is 1. The Kier molecular flexibility index (Phi) is 4.42. The minimum atomic E-state index is 0.313. The van der Waals surface area contributed by atoms with E-state index in [0.717, 1.165) is 31.1 Å². The lowest BCUT2D eigenvalue weighted by Crippen LogP contribution is -2.26. The number of nitrogens with zero attached hydrogens (tertiary/aromatic N) is 2. The number of hydrogen-bond donors (Lipinski definition) is 3. The maximum atomic E-state index is 4.76. The Morgan fingerprint density at radius 2 is 1.96 bits per heavy atom. The van der Waals surface area contributed by atoms with E-state index in [-0.39, 0.29) is 0 Å². The summed E-state index contributed by atoms with van der Waals surface area (Å²) < 4.78 is 2.24. The van der Waals surface area contributed by atoms with Crippen molar-refractivity contribution in [1.82, 2.24) is 20.4 Å². The quantitative estimate of drug-likeness (QED) is 0.670. The van der Waals surface area contributed by atoms with Crippen molar-refractivity contribution in [2.45, 2.75) is 26.4 Å². The van der Waals surface area contributed by atoms with E-state index in [2.05, 4.69) is 77.0 Å². The predicted molar refractivity (Wildman–Crippen MR) is 102 cm³/mol. The Balaban J connectivity index is 1.51. The highest BCUT2D eigenvalue weighted by Crippen LogP contribution is 2.26. The van der Waals surface area contributed by atoms with Gasteiger partial charge in [-0.1, -0.05) is 42.0 Å². The number of benzene rings is 2. The highest BCUT2D eigenvalue weighted by atomic mass is 15.4. The molecule has 0 aliphatic carbocycles. The van der Waals surface area contributed by atoms with Gasteiger partial charge in [0.25, 0.3) is 0 Å². The van der Waals surface area contributed by atoms with Gasteiger partial charge in [0.2, 0.25) is 5.95 Å². The fraction of sp³-hybridized carbons (Fsp3) is 0.350. The van der Waals surface area contributed by atoms with Gasteiger partial charge in [-0.2, -0.15) is 0 Å². The van der Waals surface area contributed by atoms with Gasteiger partial charge in [0.05, 0.1) is 17.1 Å². The van der Waals surface area contributed by atoms with Crippen LogP contribution in [0.1, 0.15) is 24.1 Å². The molecular weight excluding hydrogens is 310 g/mol. The molecule has 2 atom stereocenters. The van der Waals surface area contributed by atoms with Crippen molar-refractivity contribution in [2.75, 3.05) is 18.4 Å².